The van der Waals surface area contributed by atoms with Crippen molar-refractivity contribution in [3.8, 4) is 0 Å². The van der Waals surface area contributed by atoms with Crippen LogP contribution in [0.4, 0.5) is 15.8 Å². The van der Waals surface area contributed by atoms with E-state index < -0.39 is 11.8 Å². The monoisotopic (exact) mass is 312 g/mol. The van der Waals surface area contributed by atoms with E-state index in [1.165, 1.54) is 12.1 Å². The molecule has 0 aromatic heterocycles. The molecule has 2 unspecified atom stereocenters. The average molecular weight is 312 g/mol. The highest BCUT2D eigenvalue weighted by molar-refractivity contribution is 7.99. The largest absolute Gasteiger partial charge is 0.462 e. The van der Waals surface area contributed by atoms with Crippen molar-refractivity contribution >= 4 is 29.1 Å². The van der Waals surface area contributed by atoms with Gasteiger partial charge in [0.25, 0.3) is 0 Å². The first-order valence-electron chi connectivity index (χ1n) is 7.10. The number of rotatable bonds is 5. The third-order valence-electron chi connectivity index (χ3n) is 3.71. The number of benzene rings is 1. The van der Waals surface area contributed by atoms with Crippen LogP contribution < -0.4 is 11.1 Å². The highest BCUT2D eigenvalue weighted by atomic mass is 32.2. The molecule has 0 bridgehead atoms. The molecule has 0 saturated heterocycles. The second-order valence-electron chi connectivity index (χ2n) is 5.15. The van der Waals surface area contributed by atoms with Crippen molar-refractivity contribution in [1.29, 1.82) is 0 Å². The zero-order valence-electron chi connectivity index (χ0n) is 12.3. The molecule has 1 aromatic rings. The van der Waals surface area contributed by atoms with Gasteiger partial charge in [-0.1, -0.05) is 0 Å². The second kappa shape index (κ2) is 7.02. The Balaban J connectivity index is 2.16. The number of anilines is 2. The Morgan fingerprint density at radius 2 is 2.29 bits per heavy atom. The van der Waals surface area contributed by atoms with Gasteiger partial charge in [0.05, 0.1) is 17.9 Å². The van der Waals surface area contributed by atoms with E-state index in [1.54, 1.807) is 6.92 Å². The van der Waals surface area contributed by atoms with Crippen molar-refractivity contribution in [3.63, 3.8) is 0 Å². The molecule has 2 atom stereocenters. The van der Waals surface area contributed by atoms with Crippen molar-refractivity contribution in [2.75, 3.05) is 23.9 Å². The number of carbonyl (C=O) groups excluding carboxylic acids is 1. The van der Waals surface area contributed by atoms with Gasteiger partial charge in [0, 0.05) is 17.0 Å². The van der Waals surface area contributed by atoms with Crippen LogP contribution in [0.5, 0.6) is 0 Å². The van der Waals surface area contributed by atoms with Crippen LogP contribution in [-0.2, 0) is 4.74 Å². The van der Waals surface area contributed by atoms with Gasteiger partial charge >= 0.3 is 5.97 Å². The summed E-state index contributed by atoms with van der Waals surface area (Å²) in [6.45, 7) is 1.98. The summed E-state index contributed by atoms with van der Waals surface area (Å²) >= 11 is 1.84. The molecule has 2 rings (SSSR count). The lowest BCUT2D eigenvalue weighted by atomic mass is 10.1. The summed E-state index contributed by atoms with van der Waals surface area (Å²) in [4.78, 5) is 11.8. The van der Waals surface area contributed by atoms with Crippen LogP contribution in [0.25, 0.3) is 0 Å². The van der Waals surface area contributed by atoms with Gasteiger partial charge in [-0.25, -0.2) is 9.18 Å². The Kier molecular flexibility index (Phi) is 5.33. The minimum absolute atomic E-state index is 0.102. The smallest absolute Gasteiger partial charge is 0.340 e. The standard InChI is InChI=1S/C15H21FN2O2S/c1-3-20-15(19)11-7-14(12(16)8-13(11)17)18-9-4-5-10(6-9)21-2/h7-10,18H,3-6,17H2,1-2H3. The predicted molar refractivity (Wildman–Crippen MR) is 85.3 cm³/mol. The van der Waals surface area contributed by atoms with Gasteiger partial charge in [0.15, 0.2) is 0 Å². The zero-order chi connectivity index (χ0) is 15.4. The molecule has 1 aliphatic rings. The molecule has 0 heterocycles. The molecule has 1 aliphatic carbocycles. The Labute approximate surface area is 128 Å². The molecule has 0 amide bonds. The van der Waals surface area contributed by atoms with Crippen molar-refractivity contribution in [2.24, 2.45) is 0 Å². The number of hydrogen-bond acceptors (Lipinski definition) is 5. The van der Waals surface area contributed by atoms with Crippen LogP contribution in [0.3, 0.4) is 0 Å². The summed E-state index contributed by atoms with van der Waals surface area (Å²) in [6.07, 6.45) is 5.22. The van der Waals surface area contributed by atoms with Crippen LogP contribution in [0, 0.1) is 5.82 Å². The number of thioether (sulfide) groups is 1. The fourth-order valence-electron chi connectivity index (χ4n) is 2.59. The first-order chi connectivity index (χ1) is 10.0. The zero-order valence-corrected chi connectivity index (χ0v) is 13.1. The molecule has 4 nitrogen and oxygen atoms in total. The Bertz CT molecular complexity index is 525. The Morgan fingerprint density at radius 1 is 1.52 bits per heavy atom. The SMILES string of the molecule is CCOC(=O)c1cc(NC2CCC(SC)C2)c(F)cc1N. The molecule has 1 fully saturated rings. The van der Waals surface area contributed by atoms with Gasteiger partial charge in [-0.2, -0.15) is 11.8 Å². The van der Waals surface area contributed by atoms with Crippen molar-refractivity contribution < 1.29 is 13.9 Å². The van der Waals surface area contributed by atoms with Crippen LogP contribution in [0.2, 0.25) is 0 Å². The van der Waals surface area contributed by atoms with E-state index in [-0.39, 0.29) is 23.9 Å². The maximum absolute atomic E-state index is 14.0. The minimum Gasteiger partial charge on any atom is -0.462 e. The third-order valence-corrected chi connectivity index (χ3v) is 4.81. The van der Waals surface area contributed by atoms with Crippen LogP contribution in [-0.4, -0.2) is 30.1 Å². The van der Waals surface area contributed by atoms with E-state index >= 15 is 0 Å². The second-order valence-corrected chi connectivity index (χ2v) is 6.29. The van der Waals surface area contributed by atoms with E-state index in [1.807, 2.05) is 11.8 Å². The number of nitrogens with one attached hydrogen (secondary N) is 1. The summed E-state index contributed by atoms with van der Waals surface area (Å²) in [5.74, 6) is -0.959. The number of carbonyl (C=O) groups is 1. The molecule has 3 N–H and O–H groups in total. The lowest BCUT2D eigenvalue weighted by Gasteiger charge is -2.16. The average Bonchev–Trinajstić information content (AvgIpc) is 2.89. The first-order valence-corrected chi connectivity index (χ1v) is 8.39. The molecular weight excluding hydrogens is 291 g/mol. The highest BCUT2D eigenvalue weighted by Crippen LogP contribution is 2.32. The molecule has 6 heteroatoms. The minimum atomic E-state index is -0.522. The number of hydrogen-bond donors (Lipinski definition) is 2. The maximum atomic E-state index is 14.0. The summed E-state index contributed by atoms with van der Waals surface area (Å²) < 4.78 is 18.9. The van der Waals surface area contributed by atoms with Gasteiger partial charge in [-0.05, 0) is 44.6 Å². The maximum Gasteiger partial charge on any atom is 0.340 e. The summed E-state index contributed by atoms with van der Waals surface area (Å²) in [5.41, 5.74) is 6.33. The van der Waals surface area contributed by atoms with E-state index in [0.717, 1.165) is 19.3 Å². The molecule has 116 valence electrons. The van der Waals surface area contributed by atoms with Gasteiger partial charge in [0.1, 0.15) is 5.82 Å². The number of halogens is 1. The fraction of sp³-hybridized carbons (Fsp3) is 0.533. The molecular formula is C15H21FN2O2S. The molecule has 21 heavy (non-hydrogen) atoms. The molecule has 1 aromatic carbocycles. The summed E-state index contributed by atoms with van der Waals surface area (Å²) in [5, 5.41) is 3.80. The Hall–Kier alpha value is -1.43. The lowest BCUT2D eigenvalue weighted by molar-refractivity contribution is 0.0527. The van der Waals surface area contributed by atoms with Crippen molar-refractivity contribution in [3.05, 3.63) is 23.5 Å². The summed E-state index contributed by atoms with van der Waals surface area (Å²) in [6, 6.07) is 2.86. The molecule has 0 aliphatic heterocycles. The molecule has 0 spiro atoms. The van der Waals surface area contributed by atoms with Crippen LogP contribution in [0.15, 0.2) is 12.1 Å². The van der Waals surface area contributed by atoms with E-state index in [2.05, 4.69) is 11.6 Å². The third kappa shape index (κ3) is 3.81. The van der Waals surface area contributed by atoms with E-state index in [9.17, 15) is 9.18 Å². The first kappa shape index (κ1) is 15.9. The van der Waals surface area contributed by atoms with Gasteiger partial charge in [-0.15, -0.1) is 0 Å². The topological polar surface area (TPSA) is 64.3 Å². The van der Waals surface area contributed by atoms with Crippen LogP contribution >= 0.6 is 11.8 Å². The quantitative estimate of drug-likeness (QED) is 0.645. The van der Waals surface area contributed by atoms with Gasteiger partial charge in [-0.3, -0.25) is 0 Å². The lowest BCUT2D eigenvalue weighted by Crippen LogP contribution is -2.18. The van der Waals surface area contributed by atoms with Gasteiger partial charge < -0.3 is 15.8 Å². The summed E-state index contributed by atoms with van der Waals surface area (Å²) in [7, 11) is 0. The number of nitrogen functional groups attached to an aromatic ring is 1. The van der Waals surface area contributed by atoms with Crippen LogP contribution in [0.1, 0.15) is 36.5 Å². The number of esters is 1. The van der Waals surface area contributed by atoms with Crippen molar-refractivity contribution in [2.45, 2.75) is 37.5 Å². The predicted octanol–water partition coefficient (Wildman–Crippen LogP) is 3.28. The molecule has 1 saturated carbocycles. The molecule has 0 radical (unpaired) electrons. The van der Waals surface area contributed by atoms with E-state index in [0.29, 0.717) is 10.9 Å². The normalized spacial score (nSPS) is 21.3. The highest BCUT2D eigenvalue weighted by Gasteiger charge is 2.25. The number of ether oxygens (including phenoxy) is 1. The van der Waals surface area contributed by atoms with Crippen molar-refractivity contribution in [1.82, 2.24) is 0 Å². The fourth-order valence-corrected chi connectivity index (χ4v) is 3.39. The van der Waals surface area contributed by atoms with Gasteiger partial charge in [0.2, 0.25) is 0 Å². The Morgan fingerprint density at radius 3 is 2.90 bits per heavy atom. The van der Waals surface area contributed by atoms with E-state index in [4.69, 9.17) is 10.5 Å². The number of nitrogens with two attached hydrogens (primary N) is 1.